The first-order valence-electron chi connectivity index (χ1n) is 11.6. The van der Waals surface area contributed by atoms with Gasteiger partial charge in [0, 0.05) is 29.6 Å². The summed E-state index contributed by atoms with van der Waals surface area (Å²) in [5.41, 5.74) is 2.39. The van der Waals surface area contributed by atoms with Gasteiger partial charge in [-0.15, -0.1) is 0 Å². The molecule has 2 fully saturated rings. The van der Waals surface area contributed by atoms with Crippen molar-refractivity contribution in [1.82, 2.24) is 10.3 Å². The summed E-state index contributed by atoms with van der Waals surface area (Å²) < 4.78 is 0. The van der Waals surface area contributed by atoms with E-state index in [-0.39, 0.29) is 5.41 Å². The van der Waals surface area contributed by atoms with E-state index in [0.717, 1.165) is 29.6 Å². The van der Waals surface area contributed by atoms with Gasteiger partial charge in [-0.05, 0) is 81.1 Å². The minimum absolute atomic E-state index is 0.112. The number of nitrogens with zero attached hydrogens (tertiary/aromatic N) is 2. The highest BCUT2D eigenvalue weighted by molar-refractivity contribution is 7.80. The minimum atomic E-state index is 0.112. The molecule has 1 aromatic carbocycles. The van der Waals surface area contributed by atoms with Gasteiger partial charge in [0.15, 0.2) is 5.11 Å². The number of benzene rings is 1. The molecule has 0 amide bonds. The largest absolute Gasteiger partial charge is 0.362 e. The van der Waals surface area contributed by atoms with Crippen LogP contribution in [-0.2, 0) is 5.41 Å². The van der Waals surface area contributed by atoms with Crippen LogP contribution in [0.5, 0.6) is 0 Å². The molecule has 1 aliphatic heterocycles. The quantitative estimate of drug-likeness (QED) is 0.516. The molecular formula is C25H33ClN4S. The van der Waals surface area contributed by atoms with Gasteiger partial charge in [0.2, 0.25) is 0 Å². The third-order valence-electron chi connectivity index (χ3n) is 6.96. The molecule has 6 heteroatoms. The van der Waals surface area contributed by atoms with Gasteiger partial charge in [-0.3, -0.25) is 0 Å². The molecule has 1 aliphatic carbocycles. The molecule has 2 aromatic rings. The minimum Gasteiger partial charge on any atom is -0.362 e. The molecule has 1 atom stereocenters. The van der Waals surface area contributed by atoms with Crippen LogP contribution < -0.4 is 15.5 Å². The summed E-state index contributed by atoms with van der Waals surface area (Å²) in [6, 6.07) is 13.1. The maximum Gasteiger partial charge on any atom is 0.170 e. The number of piperidine rings is 1. The van der Waals surface area contributed by atoms with Crippen LogP contribution in [0.25, 0.3) is 0 Å². The van der Waals surface area contributed by atoms with Crippen molar-refractivity contribution in [2.45, 2.75) is 69.7 Å². The third kappa shape index (κ3) is 5.50. The van der Waals surface area contributed by atoms with E-state index in [4.69, 9.17) is 23.8 Å². The van der Waals surface area contributed by atoms with Gasteiger partial charge in [0.1, 0.15) is 5.82 Å². The predicted octanol–water partition coefficient (Wildman–Crippen LogP) is 6.30. The highest BCUT2D eigenvalue weighted by atomic mass is 35.5. The van der Waals surface area contributed by atoms with Crippen molar-refractivity contribution in [3.05, 3.63) is 53.2 Å². The van der Waals surface area contributed by atoms with Gasteiger partial charge < -0.3 is 15.5 Å². The Balaban J connectivity index is 1.37. The normalized spacial score (nSPS) is 20.8. The average molecular weight is 457 g/mol. The first kappa shape index (κ1) is 22.3. The molecule has 4 rings (SSSR count). The van der Waals surface area contributed by atoms with Crippen LogP contribution in [0.3, 0.4) is 0 Å². The maximum atomic E-state index is 6.13. The first-order chi connectivity index (χ1) is 15.1. The molecule has 2 aliphatic rings. The Morgan fingerprint density at radius 1 is 1.10 bits per heavy atom. The predicted molar refractivity (Wildman–Crippen MR) is 135 cm³/mol. The highest BCUT2D eigenvalue weighted by Crippen LogP contribution is 2.39. The fourth-order valence-corrected chi connectivity index (χ4v) is 5.41. The number of aromatic nitrogens is 1. The molecule has 0 spiro atoms. The number of rotatable bonds is 5. The Morgan fingerprint density at radius 2 is 1.87 bits per heavy atom. The fraction of sp³-hybridized carbons (Fsp3) is 0.520. The summed E-state index contributed by atoms with van der Waals surface area (Å²) in [7, 11) is 0. The van der Waals surface area contributed by atoms with E-state index in [1.165, 1.54) is 56.9 Å². The maximum absolute atomic E-state index is 6.13. The van der Waals surface area contributed by atoms with Gasteiger partial charge in [-0.1, -0.05) is 43.0 Å². The number of anilines is 2. The lowest BCUT2D eigenvalue weighted by molar-refractivity contribution is 0.292. The zero-order chi connectivity index (χ0) is 21.7. The lowest BCUT2D eigenvalue weighted by Gasteiger charge is -2.38. The number of halogens is 1. The molecule has 1 saturated heterocycles. The van der Waals surface area contributed by atoms with Crippen LogP contribution in [0.1, 0.15) is 63.9 Å². The second kappa shape index (κ2) is 10.2. The number of pyridine rings is 1. The van der Waals surface area contributed by atoms with Crippen molar-refractivity contribution < 1.29 is 0 Å². The summed E-state index contributed by atoms with van der Waals surface area (Å²) >= 11 is 11.7. The van der Waals surface area contributed by atoms with Gasteiger partial charge in [0.05, 0.1) is 11.9 Å². The van der Waals surface area contributed by atoms with Crippen molar-refractivity contribution in [1.29, 1.82) is 0 Å². The van der Waals surface area contributed by atoms with Crippen LogP contribution in [0.4, 0.5) is 11.5 Å². The van der Waals surface area contributed by atoms with E-state index in [9.17, 15) is 0 Å². The molecule has 0 bridgehead atoms. The lowest BCUT2D eigenvalue weighted by Crippen LogP contribution is -2.43. The molecule has 166 valence electrons. The average Bonchev–Trinajstić information content (AvgIpc) is 2.80. The lowest BCUT2D eigenvalue weighted by atomic mass is 9.69. The van der Waals surface area contributed by atoms with E-state index in [2.05, 4.69) is 51.7 Å². The highest BCUT2D eigenvalue weighted by Gasteiger charge is 2.34. The number of thiocarbonyl (C=S) groups is 1. The number of hydrogen-bond donors (Lipinski definition) is 2. The molecule has 0 radical (unpaired) electrons. The van der Waals surface area contributed by atoms with E-state index in [1.54, 1.807) is 0 Å². The zero-order valence-electron chi connectivity index (χ0n) is 18.4. The smallest absolute Gasteiger partial charge is 0.170 e. The Bertz CT molecular complexity index is 862. The SMILES string of the molecule is C[C@H]1CCCCN1c1ccc(NC(=S)NCC2(c3ccc(Cl)cc3)CCCCC2)cn1. The summed E-state index contributed by atoms with van der Waals surface area (Å²) in [5.74, 6) is 1.06. The van der Waals surface area contributed by atoms with Crippen LogP contribution in [-0.4, -0.2) is 29.2 Å². The van der Waals surface area contributed by atoms with Crippen molar-refractivity contribution in [2.75, 3.05) is 23.3 Å². The fourth-order valence-electron chi connectivity index (χ4n) is 5.09. The molecule has 2 N–H and O–H groups in total. The molecule has 31 heavy (non-hydrogen) atoms. The standard InChI is InChI=1S/C25H33ClN4S/c1-19-7-3-6-16-30(19)23-13-12-22(17-27-23)29-24(31)28-18-25(14-4-2-5-15-25)20-8-10-21(26)11-9-20/h8-13,17,19H,2-7,14-16,18H2,1H3,(H2,28,29,31)/t19-/m0/s1. The van der Waals surface area contributed by atoms with Crippen LogP contribution in [0, 0.1) is 0 Å². The summed E-state index contributed by atoms with van der Waals surface area (Å²) in [4.78, 5) is 7.09. The Hall–Kier alpha value is -1.85. The Labute approximate surface area is 196 Å². The van der Waals surface area contributed by atoms with E-state index >= 15 is 0 Å². The van der Waals surface area contributed by atoms with Gasteiger partial charge in [0.25, 0.3) is 0 Å². The van der Waals surface area contributed by atoms with Crippen LogP contribution >= 0.6 is 23.8 Å². The van der Waals surface area contributed by atoms with Gasteiger partial charge in [-0.2, -0.15) is 0 Å². The molecule has 1 aromatic heterocycles. The topological polar surface area (TPSA) is 40.2 Å². The molecule has 1 saturated carbocycles. The molecule has 0 unspecified atom stereocenters. The molecule has 2 heterocycles. The second-order valence-corrected chi connectivity index (χ2v) is 9.94. The summed E-state index contributed by atoms with van der Waals surface area (Å²) in [6.45, 7) is 4.21. The van der Waals surface area contributed by atoms with E-state index < -0.39 is 0 Å². The second-order valence-electron chi connectivity index (χ2n) is 9.10. The van der Waals surface area contributed by atoms with E-state index in [1.807, 2.05) is 18.3 Å². The van der Waals surface area contributed by atoms with Gasteiger partial charge >= 0.3 is 0 Å². The van der Waals surface area contributed by atoms with Crippen molar-refractivity contribution >= 4 is 40.4 Å². The summed E-state index contributed by atoms with van der Waals surface area (Å²) in [5, 5.41) is 8.25. The first-order valence-corrected chi connectivity index (χ1v) is 12.4. The van der Waals surface area contributed by atoms with Crippen LogP contribution in [0.15, 0.2) is 42.6 Å². The zero-order valence-corrected chi connectivity index (χ0v) is 19.9. The molecule has 4 nitrogen and oxygen atoms in total. The van der Waals surface area contributed by atoms with E-state index in [0.29, 0.717) is 11.2 Å². The van der Waals surface area contributed by atoms with Crippen molar-refractivity contribution in [3.63, 3.8) is 0 Å². The summed E-state index contributed by atoms with van der Waals surface area (Å²) in [6.07, 6.45) is 11.9. The van der Waals surface area contributed by atoms with Crippen molar-refractivity contribution in [3.8, 4) is 0 Å². The molecular weight excluding hydrogens is 424 g/mol. The Kier molecular flexibility index (Phi) is 7.34. The monoisotopic (exact) mass is 456 g/mol. The third-order valence-corrected chi connectivity index (χ3v) is 7.46. The number of hydrogen-bond acceptors (Lipinski definition) is 3. The number of nitrogens with one attached hydrogen (secondary N) is 2. The van der Waals surface area contributed by atoms with Crippen LogP contribution in [0.2, 0.25) is 5.02 Å². The van der Waals surface area contributed by atoms with Crippen molar-refractivity contribution in [2.24, 2.45) is 0 Å². The van der Waals surface area contributed by atoms with Gasteiger partial charge in [-0.25, -0.2) is 4.98 Å². The Morgan fingerprint density at radius 3 is 2.55 bits per heavy atom.